The van der Waals surface area contributed by atoms with E-state index in [0.717, 1.165) is 32.7 Å². The molecule has 0 unspecified atom stereocenters. The molecule has 0 spiro atoms. The molecule has 1 atom stereocenters. The third-order valence-electron chi connectivity index (χ3n) is 4.48. The number of hydrogen-bond acceptors (Lipinski definition) is 4. The van der Waals surface area contributed by atoms with Gasteiger partial charge in [-0.05, 0) is 29.1 Å². The van der Waals surface area contributed by atoms with Crippen LogP contribution < -0.4 is 10.1 Å². The average molecular weight is 377 g/mol. The number of nitrogens with one attached hydrogen (secondary N) is 1. The maximum Gasteiger partial charge on any atom is 0.225 e. The fourth-order valence-electron chi connectivity index (χ4n) is 3.13. The van der Waals surface area contributed by atoms with Gasteiger partial charge < -0.3 is 14.5 Å². The Morgan fingerprint density at radius 2 is 2.00 bits per heavy atom. The lowest BCUT2D eigenvalue weighted by molar-refractivity contribution is -0.120. The zero-order chi connectivity index (χ0) is 18.6. The fourth-order valence-corrected chi connectivity index (χ4v) is 3.93. The summed E-state index contributed by atoms with van der Waals surface area (Å²) in [6, 6.07) is 19.5. The van der Waals surface area contributed by atoms with Crippen LogP contribution in [0.15, 0.2) is 76.7 Å². The summed E-state index contributed by atoms with van der Waals surface area (Å²) in [5.74, 6) is 0.686. The molecule has 2 heterocycles. The van der Waals surface area contributed by atoms with Crippen molar-refractivity contribution in [2.45, 2.75) is 12.5 Å². The van der Waals surface area contributed by atoms with Gasteiger partial charge >= 0.3 is 0 Å². The van der Waals surface area contributed by atoms with Crippen molar-refractivity contribution in [3.63, 3.8) is 0 Å². The van der Waals surface area contributed by atoms with Crippen molar-refractivity contribution in [2.75, 3.05) is 7.11 Å². The van der Waals surface area contributed by atoms with Crippen molar-refractivity contribution in [1.82, 2.24) is 5.32 Å². The molecule has 4 aromatic rings. The predicted octanol–water partition coefficient (Wildman–Crippen LogP) is 4.95. The van der Waals surface area contributed by atoms with Crippen LogP contribution in [0, 0.1) is 0 Å². The summed E-state index contributed by atoms with van der Waals surface area (Å²) in [7, 11) is 1.62. The molecule has 0 bridgehead atoms. The number of fused-ring (bicyclic) bond motifs is 1. The Bertz CT molecular complexity index is 1040. The van der Waals surface area contributed by atoms with Gasteiger partial charge in [0.2, 0.25) is 5.91 Å². The molecule has 0 saturated heterocycles. The first-order valence-corrected chi connectivity index (χ1v) is 9.54. The van der Waals surface area contributed by atoms with Crippen LogP contribution >= 0.6 is 11.3 Å². The first kappa shape index (κ1) is 17.4. The predicted molar refractivity (Wildman–Crippen MR) is 107 cm³/mol. The molecule has 136 valence electrons. The second kappa shape index (κ2) is 7.68. The number of methoxy groups -OCH3 is 1. The largest absolute Gasteiger partial charge is 0.497 e. The van der Waals surface area contributed by atoms with Crippen LogP contribution in [0.5, 0.6) is 5.75 Å². The van der Waals surface area contributed by atoms with Gasteiger partial charge in [-0.2, -0.15) is 0 Å². The SMILES string of the molecule is COc1ccc2c(CC(=O)N[C@@H](c3ccccc3)c3cccs3)coc2c1. The summed E-state index contributed by atoms with van der Waals surface area (Å²) in [6.07, 6.45) is 1.90. The van der Waals surface area contributed by atoms with Gasteiger partial charge in [0, 0.05) is 21.9 Å². The fraction of sp³-hybridized carbons (Fsp3) is 0.136. The minimum Gasteiger partial charge on any atom is -0.497 e. The molecule has 4 nitrogen and oxygen atoms in total. The molecule has 27 heavy (non-hydrogen) atoms. The Kier molecular flexibility index (Phi) is 4.94. The second-order valence-electron chi connectivity index (χ2n) is 6.23. The molecule has 1 N–H and O–H groups in total. The molecular formula is C22H19NO3S. The lowest BCUT2D eigenvalue weighted by atomic mass is 10.0. The van der Waals surface area contributed by atoms with Crippen molar-refractivity contribution < 1.29 is 13.9 Å². The van der Waals surface area contributed by atoms with Crippen molar-refractivity contribution in [1.29, 1.82) is 0 Å². The molecule has 4 rings (SSSR count). The van der Waals surface area contributed by atoms with Crippen LogP contribution in [-0.4, -0.2) is 13.0 Å². The van der Waals surface area contributed by atoms with Crippen molar-refractivity contribution in [3.05, 3.63) is 88.3 Å². The number of amides is 1. The number of carbonyl (C=O) groups is 1. The van der Waals surface area contributed by atoms with Crippen molar-refractivity contribution >= 4 is 28.2 Å². The second-order valence-corrected chi connectivity index (χ2v) is 7.21. The quantitative estimate of drug-likeness (QED) is 0.517. The number of hydrogen-bond donors (Lipinski definition) is 1. The molecule has 2 aromatic heterocycles. The molecular weight excluding hydrogens is 358 g/mol. The van der Waals surface area contributed by atoms with E-state index in [-0.39, 0.29) is 18.4 Å². The molecule has 0 fully saturated rings. The van der Waals surface area contributed by atoms with Gasteiger partial charge in [0.05, 0.1) is 25.8 Å². The van der Waals surface area contributed by atoms with Crippen LogP contribution in [0.1, 0.15) is 22.0 Å². The van der Waals surface area contributed by atoms with Gasteiger partial charge in [-0.25, -0.2) is 0 Å². The first-order valence-electron chi connectivity index (χ1n) is 8.66. The van der Waals surface area contributed by atoms with E-state index < -0.39 is 0 Å². The first-order chi connectivity index (χ1) is 13.2. The summed E-state index contributed by atoms with van der Waals surface area (Å²) in [5.41, 5.74) is 2.65. The van der Waals surface area contributed by atoms with E-state index >= 15 is 0 Å². The zero-order valence-corrected chi connectivity index (χ0v) is 15.7. The summed E-state index contributed by atoms with van der Waals surface area (Å²) in [6.45, 7) is 0. The minimum atomic E-state index is -0.156. The Balaban J connectivity index is 1.55. The highest BCUT2D eigenvalue weighted by atomic mass is 32.1. The summed E-state index contributed by atoms with van der Waals surface area (Å²) < 4.78 is 10.8. The van der Waals surface area contributed by atoms with Crippen molar-refractivity contribution in [3.8, 4) is 5.75 Å². The monoisotopic (exact) mass is 377 g/mol. The van der Waals surface area contributed by atoms with E-state index in [1.807, 2.05) is 66.0 Å². The van der Waals surface area contributed by atoms with Gasteiger partial charge in [-0.3, -0.25) is 4.79 Å². The van der Waals surface area contributed by atoms with E-state index in [2.05, 4.69) is 5.32 Å². The zero-order valence-electron chi connectivity index (χ0n) is 14.8. The van der Waals surface area contributed by atoms with Gasteiger partial charge in [0.15, 0.2) is 0 Å². The Morgan fingerprint density at radius 1 is 1.15 bits per heavy atom. The Hall–Kier alpha value is -3.05. The Labute approximate surface area is 161 Å². The lowest BCUT2D eigenvalue weighted by Crippen LogP contribution is -2.30. The van der Waals surface area contributed by atoms with Crippen LogP contribution in [0.2, 0.25) is 0 Å². The molecule has 2 aromatic carbocycles. The third-order valence-corrected chi connectivity index (χ3v) is 5.42. The van der Waals surface area contributed by atoms with E-state index in [1.165, 1.54) is 0 Å². The number of furan rings is 1. The number of ether oxygens (including phenoxy) is 1. The molecule has 0 aliphatic carbocycles. The standard InChI is InChI=1S/C22H19NO3S/c1-25-17-9-10-18-16(14-26-19(18)13-17)12-21(24)23-22(20-8-5-11-27-20)15-6-3-2-4-7-15/h2-11,13-14,22H,12H2,1H3,(H,23,24)/t22-/m0/s1. The highest BCUT2D eigenvalue weighted by Crippen LogP contribution is 2.28. The summed E-state index contributed by atoms with van der Waals surface area (Å²) in [4.78, 5) is 13.9. The van der Waals surface area contributed by atoms with Crippen LogP contribution in [0.25, 0.3) is 11.0 Å². The normalized spacial score (nSPS) is 12.0. The van der Waals surface area contributed by atoms with Gasteiger partial charge in [-0.1, -0.05) is 36.4 Å². The molecule has 0 saturated carbocycles. The van der Waals surface area contributed by atoms with E-state index in [1.54, 1.807) is 24.7 Å². The molecule has 5 heteroatoms. The van der Waals surface area contributed by atoms with E-state index in [9.17, 15) is 4.79 Å². The van der Waals surface area contributed by atoms with Crippen molar-refractivity contribution in [2.24, 2.45) is 0 Å². The highest BCUT2D eigenvalue weighted by Gasteiger charge is 2.19. The molecule has 0 aliphatic rings. The maximum atomic E-state index is 12.8. The van der Waals surface area contributed by atoms with Gasteiger partial charge in [-0.15, -0.1) is 11.3 Å². The molecule has 0 radical (unpaired) electrons. The van der Waals surface area contributed by atoms with E-state index in [4.69, 9.17) is 9.15 Å². The number of carbonyl (C=O) groups excluding carboxylic acids is 1. The van der Waals surface area contributed by atoms with Crippen LogP contribution in [0.3, 0.4) is 0 Å². The lowest BCUT2D eigenvalue weighted by Gasteiger charge is -2.18. The maximum absolute atomic E-state index is 12.8. The molecule has 0 aliphatic heterocycles. The van der Waals surface area contributed by atoms with Crippen LogP contribution in [0.4, 0.5) is 0 Å². The van der Waals surface area contributed by atoms with E-state index in [0.29, 0.717) is 0 Å². The third kappa shape index (κ3) is 3.73. The minimum absolute atomic E-state index is 0.0456. The Morgan fingerprint density at radius 3 is 2.74 bits per heavy atom. The van der Waals surface area contributed by atoms with Crippen LogP contribution in [-0.2, 0) is 11.2 Å². The summed E-state index contributed by atoms with van der Waals surface area (Å²) >= 11 is 1.64. The number of rotatable bonds is 6. The molecule has 1 amide bonds. The average Bonchev–Trinajstić information content (AvgIpc) is 3.37. The highest BCUT2D eigenvalue weighted by molar-refractivity contribution is 7.10. The van der Waals surface area contributed by atoms with Gasteiger partial charge in [0.1, 0.15) is 11.3 Å². The smallest absolute Gasteiger partial charge is 0.225 e. The number of thiophene rings is 1. The summed E-state index contributed by atoms with van der Waals surface area (Å²) in [5, 5.41) is 6.12. The number of benzene rings is 2. The topological polar surface area (TPSA) is 51.5 Å². The van der Waals surface area contributed by atoms with Gasteiger partial charge in [0.25, 0.3) is 0 Å².